The zero-order valence-corrected chi connectivity index (χ0v) is 27.7. The maximum absolute atomic E-state index is 14.6. The van der Waals surface area contributed by atoms with E-state index in [2.05, 4.69) is 5.32 Å². The third kappa shape index (κ3) is 8.49. The molecule has 0 unspecified atom stereocenters. The summed E-state index contributed by atoms with van der Waals surface area (Å²) in [5.74, 6) is -0.817. The fraction of sp³-hybridized carbons (Fsp3) is 0.278. The van der Waals surface area contributed by atoms with Crippen molar-refractivity contribution in [1.29, 1.82) is 0 Å². The first kappa shape index (κ1) is 33.5. The van der Waals surface area contributed by atoms with Crippen LogP contribution >= 0.6 is 23.2 Å². The number of carbonyl (C=O) groups is 2. The van der Waals surface area contributed by atoms with Crippen molar-refractivity contribution in [3.8, 4) is 0 Å². The molecule has 0 bridgehead atoms. The minimum atomic E-state index is -4.23. The van der Waals surface area contributed by atoms with Crippen LogP contribution in [0, 0.1) is 0 Å². The summed E-state index contributed by atoms with van der Waals surface area (Å²) in [4.78, 5) is 30.2. The van der Waals surface area contributed by atoms with E-state index in [9.17, 15) is 18.0 Å². The monoisotopic (exact) mass is 677 g/mol. The highest BCUT2D eigenvalue weighted by Gasteiger charge is 2.36. The van der Waals surface area contributed by atoms with Gasteiger partial charge in [-0.3, -0.25) is 13.9 Å². The molecule has 240 valence electrons. The van der Waals surface area contributed by atoms with E-state index in [4.69, 9.17) is 23.2 Å². The summed E-state index contributed by atoms with van der Waals surface area (Å²) in [6.45, 7) is -0.510. The van der Waals surface area contributed by atoms with Gasteiger partial charge in [0.2, 0.25) is 11.8 Å². The molecule has 0 saturated heterocycles. The van der Waals surface area contributed by atoms with Crippen LogP contribution < -0.4 is 9.62 Å². The molecule has 4 aromatic carbocycles. The molecule has 1 aliphatic carbocycles. The standard InChI is InChI=1S/C36H37Cl2N3O4S/c37-29-22-20-28(21-23-29)25-40(34(24-27-12-4-1-5-13-27)36(43)39-30-14-6-2-7-15-30)35(42)26-41(33-19-11-10-18-32(33)38)46(44,45)31-16-8-3-9-17-31/h1,3-5,8-13,16-23,30,34H,2,6-7,14-15,24-26H2,(H,39,43)/t34-/m1/s1. The number of nitrogens with one attached hydrogen (secondary N) is 1. The van der Waals surface area contributed by atoms with Crippen LogP contribution in [0.5, 0.6) is 0 Å². The summed E-state index contributed by atoms with van der Waals surface area (Å²) >= 11 is 12.7. The van der Waals surface area contributed by atoms with E-state index >= 15 is 0 Å². The lowest BCUT2D eigenvalue weighted by Gasteiger charge is -2.35. The highest BCUT2D eigenvalue weighted by atomic mass is 35.5. The van der Waals surface area contributed by atoms with E-state index < -0.39 is 28.5 Å². The number of para-hydroxylation sites is 1. The molecule has 10 heteroatoms. The summed E-state index contributed by atoms with van der Waals surface area (Å²) in [6, 6.07) is 30.1. The van der Waals surface area contributed by atoms with Crippen LogP contribution in [0.3, 0.4) is 0 Å². The second-order valence-electron chi connectivity index (χ2n) is 11.5. The molecule has 0 radical (unpaired) electrons. The molecule has 1 fully saturated rings. The van der Waals surface area contributed by atoms with Gasteiger partial charge in [-0.1, -0.05) is 115 Å². The zero-order valence-electron chi connectivity index (χ0n) is 25.4. The normalized spacial score (nSPS) is 14.3. The Morgan fingerprint density at radius 1 is 0.761 bits per heavy atom. The largest absolute Gasteiger partial charge is 0.352 e. The fourth-order valence-electron chi connectivity index (χ4n) is 5.77. The average Bonchev–Trinajstić information content (AvgIpc) is 3.07. The number of rotatable bonds is 12. The Balaban J connectivity index is 1.56. The highest BCUT2D eigenvalue weighted by Crippen LogP contribution is 2.31. The zero-order chi connectivity index (χ0) is 32.5. The number of hydrogen-bond acceptors (Lipinski definition) is 4. The molecule has 1 saturated carbocycles. The smallest absolute Gasteiger partial charge is 0.264 e. The first-order valence-electron chi connectivity index (χ1n) is 15.4. The Morgan fingerprint density at radius 2 is 1.37 bits per heavy atom. The number of nitrogens with zero attached hydrogens (tertiary/aromatic N) is 2. The highest BCUT2D eigenvalue weighted by molar-refractivity contribution is 7.92. The van der Waals surface area contributed by atoms with E-state index in [1.807, 2.05) is 30.3 Å². The van der Waals surface area contributed by atoms with Crippen molar-refractivity contribution >= 4 is 50.7 Å². The van der Waals surface area contributed by atoms with Gasteiger partial charge >= 0.3 is 0 Å². The quantitative estimate of drug-likeness (QED) is 0.171. The summed E-state index contributed by atoms with van der Waals surface area (Å²) in [5, 5.41) is 3.93. The van der Waals surface area contributed by atoms with Gasteiger partial charge in [0.25, 0.3) is 10.0 Å². The van der Waals surface area contributed by atoms with E-state index in [0.717, 1.165) is 47.5 Å². The maximum atomic E-state index is 14.6. The van der Waals surface area contributed by atoms with Crippen molar-refractivity contribution in [2.45, 2.75) is 62.0 Å². The molecular formula is C36H37Cl2N3O4S. The summed E-state index contributed by atoms with van der Waals surface area (Å²) in [6.07, 6.45) is 5.21. The topological polar surface area (TPSA) is 86.8 Å². The van der Waals surface area contributed by atoms with Crippen LogP contribution in [0.2, 0.25) is 10.0 Å². The molecule has 0 aromatic heterocycles. The first-order valence-corrected chi connectivity index (χ1v) is 17.6. The summed E-state index contributed by atoms with van der Waals surface area (Å²) < 4.78 is 29.2. The van der Waals surface area contributed by atoms with Crippen LogP contribution in [0.4, 0.5) is 5.69 Å². The van der Waals surface area contributed by atoms with Gasteiger partial charge in [0.05, 0.1) is 15.6 Å². The van der Waals surface area contributed by atoms with Gasteiger partial charge in [0.15, 0.2) is 0 Å². The lowest BCUT2D eigenvalue weighted by molar-refractivity contribution is -0.140. The Morgan fingerprint density at radius 3 is 2.02 bits per heavy atom. The van der Waals surface area contributed by atoms with Crippen LogP contribution in [0.15, 0.2) is 114 Å². The lowest BCUT2D eigenvalue weighted by atomic mass is 9.94. The molecule has 5 rings (SSSR count). The number of sulfonamides is 1. The summed E-state index contributed by atoms with van der Waals surface area (Å²) in [7, 11) is -4.23. The van der Waals surface area contributed by atoms with E-state index in [-0.39, 0.29) is 40.5 Å². The van der Waals surface area contributed by atoms with E-state index in [0.29, 0.717) is 5.02 Å². The number of halogens is 2. The molecule has 1 atom stereocenters. The van der Waals surface area contributed by atoms with Crippen molar-refractivity contribution in [3.63, 3.8) is 0 Å². The molecule has 46 heavy (non-hydrogen) atoms. The van der Waals surface area contributed by atoms with Gasteiger partial charge < -0.3 is 10.2 Å². The second-order valence-corrected chi connectivity index (χ2v) is 14.2. The number of anilines is 1. The molecule has 0 aliphatic heterocycles. The van der Waals surface area contributed by atoms with Crippen LogP contribution in [0.1, 0.15) is 43.2 Å². The Bertz CT molecular complexity index is 1720. The minimum Gasteiger partial charge on any atom is -0.352 e. The Labute approximate surface area is 281 Å². The van der Waals surface area contributed by atoms with Gasteiger partial charge in [-0.2, -0.15) is 0 Å². The van der Waals surface area contributed by atoms with Crippen molar-refractivity contribution in [3.05, 3.63) is 130 Å². The predicted molar refractivity (Wildman–Crippen MR) is 183 cm³/mol. The first-order chi connectivity index (χ1) is 22.2. The van der Waals surface area contributed by atoms with Gasteiger partial charge in [-0.25, -0.2) is 8.42 Å². The van der Waals surface area contributed by atoms with E-state index in [1.54, 1.807) is 66.7 Å². The SMILES string of the molecule is O=C(NC1CCCCC1)[C@@H](Cc1ccccc1)N(Cc1ccc(Cl)cc1)C(=O)CN(c1ccccc1Cl)S(=O)(=O)c1ccccc1. The molecule has 1 N–H and O–H groups in total. The minimum absolute atomic E-state index is 0.0165. The van der Waals surface area contributed by atoms with Crippen molar-refractivity contribution in [2.75, 3.05) is 10.8 Å². The number of benzene rings is 4. The van der Waals surface area contributed by atoms with Crippen molar-refractivity contribution < 1.29 is 18.0 Å². The predicted octanol–water partition coefficient (Wildman–Crippen LogP) is 7.28. The van der Waals surface area contributed by atoms with Crippen molar-refractivity contribution in [2.24, 2.45) is 0 Å². The lowest BCUT2D eigenvalue weighted by Crippen LogP contribution is -2.55. The molecule has 7 nitrogen and oxygen atoms in total. The van der Waals surface area contributed by atoms with Gasteiger partial charge in [0.1, 0.15) is 12.6 Å². The molecule has 4 aromatic rings. The van der Waals surface area contributed by atoms with Crippen LogP contribution in [-0.2, 0) is 32.6 Å². The van der Waals surface area contributed by atoms with Gasteiger partial charge in [-0.15, -0.1) is 0 Å². The maximum Gasteiger partial charge on any atom is 0.264 e. The van der Waals surface area contributed by atoms with Gasteiger partial charge in [-0.05, 0) is 60.4 Å². The van der Waals surface area contributed by atoms with E-state index in [1.165, 1.54) is 17.0 Å². The van der Waals surface area contributed by atoms with Crippen LogP contribution in [0.25, 0.3) is 0 Å². The molecule has 2 amide bonds. The van der Waals surface area contributed by atoms with Crippen molar-refractivity contribution in [1.82, 2.24) is 10.2 Å². The molecular weight excluding hydrogens is 641 g/mol. The number of hydrogen-bond donors (Lipinski definition) is 1. The summed E-state index contributed by atoms with van der Waals surface area (Å²) in [5.41, 5.74) is 1.79. The fourth-order valence-corrected chi connectivity index (χ4v) is 7.64. The molecule has 1 aliphatic rings. The number of carbonyl (C=O) groups excluding carboxylic acids is 2. The van der Waals surface area contributed by atoms with Gasteiger partial charge in [0, 0.05) is 24.0 Å². The Kier molecular flexibility index (Phi) is 11.4. The van der Waals surface area contributed by atoms with Crippen LogP contribution in [-0.4, -0.2) is 43.8 Å². The second kappa shape index (κ2) is 15.6. The third-order valence-corrected chi connectivity index (χ3v) is 10.6. The molecule has 0 heterocycles. The Hall–Kier alpha value is -3.85. The molecule has 0 spiro atoms. The average molecular weight is 679 g/mol. The number of amides is 2. The third-order valence-electron chi connectivity index (χ3n) is 8.22.